The number of aromatic hydroxyl groups is 1. The summed E-state index contributed by atoms with van der Waals surface area (Å²) in [6.07, 6.45) is 0.533. The monoisotopic (exact) mass is 574 g/mol. The number of imidazole rings is 1. The number of hydrogen-bond acceptors (Lipinski definition) is 7. The lowest BCUT2D eigenvalue weighted by Gasteiger charge is -2.35. The maximum Gasteiger partial charge on any atom is 0.408 e. The molecule has 5 rings (SSSR count). The van der Waals surface area contributed by atoms with Crippen molar-refractivity contribution in [1.29, 1.82) is 0 Å². The minimum atomic E-state index is -1.52. The van der Waals surface area contributed by atoms with Crippen LogP contribution in [-0.2, 0) is 28.9 Å². The van der Waals surface area contributed by atoms with Crippen LogP contribution in [0.5, 0.6) is 5.75 Å². The number of benzene rings is 2. The Hall–Kier alpha value is -4.38. The molecular weight excluding hydrogens is 536 g/mol. The van der Waals surface area contributed by atoms with E-state index in [9.17, 15) is 19.8 Å². The smallest absolute Gasteiger partial charge is 0.408 e. The number of aromatic nitrogens is 4. The lowest BCUT2D eigenvalue weighted by Crippen LogP contribution is -2.59. The highest BCUT2D eigenvalue weighted by Crippen LogP contribution is 2.33. The fourth-order valence-electron chi connectivity index (χ4n) is 5.26. The molecule has 0 spiro atoms. The van der Waals surface area contributed by atoms with Crippen LogP contribution in [0.3, 0.4) is 0 Å². The van der Waals surface area contributed by atoms with Gasteiger partial charge in [-0.25, -0.2) is 9.78 Å². The number of carbonyl (C=O) groups is 2. The van der Waals surface area contributed by atoms with Crippen LogP contribution < -0.4 is 5.32 Å². The van der Waals surface area contributed by atoms with Crippen molar-refractivity contribution in [2.45, 2.75) is 78.2 Å². The highest BCUT2D eigenvalue weighted by Gasteiger charge is 2.39. The fraction of sp³-hybridized carbons (Fsp3) is 0.419. The number of fused-ring (bicyclic) bond motifs is 2. The van der Waals surface area contributed by atoms with Crippen LogP contribution in [0, 0.1) is 0 Å². The van der Waals surface area contributed by atoms with Gasteiger partial charge in [0, 0.05) is 18.4 Å². The fourth-order valence-corrected chi connectivity index (χ4v) is 5.26. The molecule has 0 saturated carbocycles. The van der Waals surface area contributed by atoms with Crippen LogP contribution in [0.1, 0.15) is 58.5 Å². The SMILES string of the molecule is CCc1cc(O)ccc1-c1ccc2c(-c3nc4c([nH]3)CN(C(=O)[C@@H](NC(=O)OC(C)(C)C)C(C)(C)O)CC4)n[nH]c2c1. The van der Waals surface area contributed by atoms with Gasteiger partial charge in [-0.15, -0.1) is 0 Å². The van der Waals surface area contributed by atoms with Gasteiger partial charge in [-0.1, -0.05) is 19.1 Å². The number of aromatic amines is 2. The highest BCUT2D eigenvalue weighted by atomic mass is 16.6. The third-order valence-electron chi connectivity index (χ3n) is 7.33. The van der Waals surface area contributed by atoms with Gasteiger partial charge in [0.25, 0.3) is 0 Å². The third-order valence-corrected chi connectivity index (χ3v) is 7.33. The molecule has 0 aliphatic carbocycles. The summed E-state index contributed by atoms with van der Waals surface area (Å²) in [5.74, 6) is 0.434. The van der Waals surface area contributed by atoms with Gasteiger partial charge in [-0.3, -0.25) is 9.89 Å². The number of alkyl carbamates (subject to hydrolysis) is 1. The number of amides is 2. The number of ether oxygens (including phenoxy) is 1. The molecule has 1 atom stereocenters. The molecule has 0 fully saturated rings. The molecule has 1 aliphatic rings. The number of aliphatic hydroxyl groups is 1. The molecule has 222 valence electrons. The van der Waals surface area contributed by atoms with Gasteiger partial charge >= 0.3 is 6.09 Å². The van der Waals surface area contributed by atoms with Gasteiger partial charge in [-0.2, -0.15) is 5.10 Å². The summed E-state index contributed by atoms with van der Waals surface area (Å²) in [6.45, 7) is 10.8. The van der Waals surface area contributed by atoms with E-state index in [4.69, 9.17) is 9.72 Å². The summed E-state index contributed by atoms with van der Waals surface area (Å²) >= 11 is 0. The van der Waals surface area contributed by atoms with E-state index >= 15 is 0 Å². The number of phenols is 1. The number of H-pyrrole nitrogens is 2. The van der Waals surface area contributed by atoms with Crippen molar-refractivity contribution < 1.29 is 24.5 Å². The standard InChI is InChI=1S/C31H38N6O5/c1-7-17-14-19(38)9-11-20(17)18-8-10-21-23(15-18)35-36-25(21)27-32-22-12-13-37(16-24(22)33-27)28(39)26(31(5,6)41)34-29(40)42-30(2,3)4/h8-11,14-15,26,38,41H,7,12-13,16H2,1-6H3,(H,32,33)(H,34,40)(H,35,36)/t26-/m1/s1. The first-order valence-electron chi connectivity index (χ1n) is 14.1. The minimum Gasteiger partial charge on any atom is -0.508 e. The average Bonchev–Trinajstić information content (AvgIpc) is 3.52. The number of phenolic OH excluding ortho intramolecular Hbond substituents is 1. The maximum atomic E-state index is 13.5. The van der Waals surface area contributed by atoms with Gasteiger partial charge < -0.3 is 30.2 Å². The van der Waals surface area contributed by atoms with Crippen molar-refractivity contribution in [3.8, 4) is 28.4 Å². The minimum absolute atomic E-state index is 0.247. The molecule has 3 heterocycles. The molecule has 11 heteroatoms. The molecule has 0 radical (unpaired) electrons. The van der Waals surface area contributed by atoms with Gasteiger partial charge in [0.1, 0.15) is 23.1 Å². The zero-order chi connectivity index (χ0) is 30.4. The van der Waals surface area contributed by atoms with Gasteiger partial charge in [0.15, 0.2) is 5.82 Å². The van der Waals surface area contributed by atoms with Crippen molar-refractivity contribution in [1.82, 2.24) is 30.4 Å². The number of nitrogens with zero attached hydrogens (tertiary/aromatic N) is 3. The largest absolute Gasteiger partial charge is 0.508 e. The zero-order valence-corrected chi connectivity index (χ0v) is 24.8. The van der Waals surface area contributed by atoms with Crippen LogP contribution in [-0.4, -0.2) is 71.1 Å². The average molecular weight is 575 g/mol. The second-order valence-electron chi connectivity index (χ2n) is 12.3. The molecule has 0 saturated heterocycles. The summed E-state index contributed by atoms with van der Waals surface area (Å²) in [5.41, 5.74) is 4.01. The summed E-state index contributed by atoms with van der Waals surface area (Å²) in [7, 11) is 0. The first kappa shape index (κ1) is 29.1. The Labute approximate surface area is 244 Å². The predicted molar refractivity (Wildman–Crippen MR) is 159 cm³/mol. The first-order valence-corrected chi connectivity index (χ1v) is 14.1. The highest BCUT2D eigenvalue weighted by molar-refractivity contribution is 5.94. The molecule has 2 amide bonds. The number of hydrogen-bond donors (Lipinski definition) is 5. The first-order chi connectivity index (χ1) is 19.7. The zero-order valence-electron chi connectivity index (χ0n) is 24.8. The normalized spacial score (nSPS) is 14.5. The molecule has 0 bridgehead atoms. The van der Waals surface area contributed by atoms with E-state index in [1.807, 2.05) is 24.3 Å². The third kappa shape index (κ3) is 5.96. The van der Waals surface area contributed by atoms with Crippen molar-refractivity contribution in [2.75, 3.05) is 6.54 Å². The Balaban J connectivity index is 1.37. The summed E-state index contributed by atoms with van der Waals surface area (Å²) < 4.78 is 5.32. The van der Waals surface area contributed by atoms with Gasteiger partial charge in [0.2, 0.25) is 5.91 Å². The Morgan fingerprint density at radius 2 is 1.90 bits per heavy atom. The number of nitrogens with one attached hydrogen (secondary N) is 3. The van der Waals surface area contributed by atoms with E-state index in [0.29, 0.717) is 24.5 Å². The summed E-state index contributed by atoms with van der Waals surface area (Å²) in [6, 6.07) is 10.3. The Morgan fingerprint density at radius 1 is 1.14 bits per heavy atom. The van der Waals surface area contributed by atoms with Crippen molar-refractivity contribution in [2.24, 2.45) is 0 Å². The van der Waals surface area contributed by atoms with Crippen molar-refractivity contribution >= 4 is 22.9 Å². The Morgan fingerprint density at radius 3 is 2.60 bits per heavy atom. The van der Waals surface area contributed by atoms with E-state index < -0.39 is 29.2 Å². The lowest BCUT2D eigenvalue weighted by atomic mass is 9.96. The number of rotatable bonds is 6. The molecule has 0 unspecified atom stereocenters. The molecule has 5 N–H and O–H groups in total. The van der Waals surface area contributed by atoms with E-state index in [1.54, 1.807) is 37.8 Å². The van der Waals surface area contributed by atoms with Gasteiger partial charge in [-0.05, 0) is 82.0 Å². The quantitative estimate of drug-likeness (QED) is 0.228. The van der Waals surface area contributed by atoms with E-state index in [1.165, 1.54) is 13.8 Å². The second kappa shape index (κ2) is 10.8. The molecule has 2 aromatic heterocycles. The van der Waals surface area contributed by atoms with E-state index in [0.717, 1.165) is 45.4 Å². The molecule has 42 heavy (non-hydrogen) atoms. The molecular formula is C31H38N6O5. The van der Waals surface area contributed by atoms with Crippen LogP contribution in [0.25, 0.3) is 33.5 Å². The number of aryl methyl sites for hydroxylation is 1. The topological polar surface area (TPSA) is 156 Å². The molecule has 11 nitrogen and oxygen atoms in total. The summed E-state index contributed by atoms with van der Waals surface area (Å²) in [5, 5.41) is 31.7. The Kier molecular flexibility index (Phi) is 7.48. The lowest BCUT2D eigenvalue weighted by molar-refractivity contribution is -0.140. The van der Waals surface area contributed by atoms with Crippen LogP contribution in [0.2, 0.25) is 0 Å². The van der Waals surface area contributed by atoms with Crippen LogP contribution in [0.15, 0.2) is 36.4 Å². The molecule has 4 aromatic rings. The Bertz CT molecular complexity index is 1640. The predicted octanol–water partition coefficient (Wildman–Crippen LogP) is 4.44. The van der Waals surface area contributed by atoms with Crippen molar-refractivity contribution in [3.63, 3.8) is 0 Å². The second-order valence-corrected chi connectivity index (χ2v) is 12.3. The van der Waals surface area contributed by atoms with Crippen LogP contribution >= 0.6 is 0 Å². The number of carbonyl (C=O) groups excluding carboxylic acids is 2. The summed E-state index contributed by atoms with van der Waals surface area (Å²) in [4.78, 5) is 35.7. The molecule has 2 aromatic carbocycles. The maximum absolute atomic E-state index is 13.5. The van der Waals surface area contributed by atoms with Gasteiger partial charge in [0.05, 0.1) is 29.1 Å². The van der Waals surface area contributed by atoms with E-state index in [2.05, 4.69) is 27.4 Å². The van der Waals surface area contributed by atoms with Crippen LogP contribution in [0.4, 0.5) is 4.79 Å². The molecule has 1 aliphatic heterocycles. The van der Waals surface area contributed by atoms with E-state index in [-0.39, 0.29) is 12.3 Å². The van der Waals surface area contributed by atoms with Crippen molar-refractivity contribution in [3.05, 3.63) is 53.3 Å².